The zero-order valence-corrected chi connectivity index (χ0v) is 17.6. The number of hydrogen-bond donors (Lipinski definition) is 2. The van der Waals surface area contributed by atoms with Crippen LogP contribution in [0.5, 0.6) is 0 Å². The average molecular weight is 463 g/mol. The molecule has 2 rings (SSSR count). The molecular formula is C18H30IN3OS. The molecular weight excluding hydrogens is 433 g/mol. The van der Waals surface area contributed by atoms with Crippen LogP contribution in [0.2, 0.25) is 0 Å². The van der Waals surface area contributed by atoms with E-state index in [4.69, 9.17) is 0 Å². The molecule has 0 heterocycles. The molecule has 1 saturated carbocycles. The van der Waals surface area contributed by atoms with Crippen LogP contribution in [0.1, 0.15) is 38.5 Å². The van der Waals surface area contributed by atoms with Gasteiger partial charge in [-0.3, -0.25) is 9.20 Å². The minimum absolute atomic E-state index is 0. The molecule has 0 saturated heterocycles. The van der Waals surface area contributed by atoms with Crippen LogP contribution >= 0.6 is 24.0 Å². The van der Waals surface area contributed by atoms with Crippen LogP contribution in [0.25, 0.3) is 0 Å². The van der Waals surface area contributed by atoms with Gasteiger partial charge in [0.2, 0.25) is 0 Å². The summed E-state index contributed by atoms with van der Waals surface area (Å²) in [6, 6.07) is 9.60. The second kappa shape index (κ2) is 12.7. The van der Waals surface area contributed by atoms with Crippen molar-refractivity contribution in [1.29, 1.82) is 0 Å². The van der Waals surface area contributed by atoms with Gasteiger partial charge in [0.15, 0.2) is 5.96 Å². The molecule has 0 amide bonds. The lowest BCUT2D eigenvalue weighted by Gasteiger charge is -2.13. The summed E-state index contributed by atoms with van der Waals surface area (Å²) in [5.41, 5.74) is 0. The maximum atomic E-state index is 12.1. The Bertz CT molecular complexity index is 504. The van der Waals surface area contributed by atoms with Gasteiger partial charge in [-0.05, 0) is 30.9 Å². The smallest absolute Gasteiger partial charge is 0.191 e. The first kappa shape index (κ1) is 21.4. The molecule has 1 atom stereocenters. The summed E-state index contributed by atoms with van der Waals surface area (Å²) in [4.78, 5) is 5.11. The van der Waals surface area contributed by atoms with Crippen LogP contribution in [0.4, 0.5) is 0 Å². The van der Waals surface area contributed by atoms with Crippen molar-refractivity contribution in [3.8, 4) is 0 Å². The van der Waals surface area contributed by atoms with Crippen molar-refractivity contribution in [2.75, 3.05) is 25.9 Å². The number of aliphatic imine (C=N–C) groups is 1. The van der Waals surface area contributed by atoms with Gasteiger partial charge in [-0.1, -0.05) is 43.9 Å². The van der Waals surface area contributed by atoms with E-state index < -0.39 is 10.8 Å². The molecule has 24 heavy (non-hydrogen) atoms. The van der Waals surface area contributed by atoms with E-state index in [1.807, 2.05) is 30.3 Å². The topological polar surface area (TPSA) is 53.5 Å². The fourth-order valence-electron chi connectivity index (χ4n) is 3.07. The molecule has 0 aromatic heterocycles. The first-order chi connectivity index (χ1) is 11.3. The highest BCUT2D eigenvalue weighted by Crippen LogP contribution is 2.28. The summed E-state index contributed by atoms with van der Waals surface area (Å²) in [6.07, 6.45) is 8.18. The zero-order chi connectivity index (χ0) is 16.3. The lowest BCUT2D eigenvalue weighted by molar-refractivity contribution is 0.481. The van der Waals surface area contributed by atoms with Gasteiger partial charge >= 0.3 is 0 Å². The first-order valence-electron chi connectivity index (χ1n) is 8.67. The predicted molar refractivity (Wildman–Crippen MR) is 114 cm³/mol. The Labute approximate surface area is 165 Å². The van der Waals surface area contributed by atoms with E-state index in [9.17, 15) is 4.21 Å². The number of nitrogens with one attached hydrogen (secondary N) is 2. The maximum Gasteiger partial charge on any atom is 0.191 e. The summed E-state index contributed by atoms with van der Waals surface area (Å²) >= 11 is 0. The summed E-state index contributed by atoms with van der Waals surface area (Å²) in [5, 5.41) is 6.59. The number of nitrogens with zero attached hydrogens (tertiary/aromatic N) is 1. The van der Waals surface area contributed by atoms with Crippen LogP contribution in [0, 0.1) is 5.92 Å². The Kier molecular flexibility index (Phi) is 11.3. The number of guanidine groups is 1. The third kappa shape index (κ3) is 7.96. The molecule has 0 aliphatic heterocycles. The van der Waals surface area contributed by atoms with Gasteiger partial charge in [0.25, 0.3) is 0 Å². The molecule has 1 aliphatic rings. The molecule has 1 aromatic carbocycles. The second-order valence-electron chi connectivity index (χ2n) is 6.08. The molecule has 6 heteroatoms. The van der Waals surface area contributed by atoms with Gasteiger partial charge in [-0.2, -0.15) is 0 Å². The van der Waals surface area contributed by atoms with Crippen molar-refractivity contribution in [3.63, 3.8) is 0 Å². The lowest BCUT2D eigenvalue weighted by atomic mass is 10.0. The Morgan fingerprint density at radius 1 is 1.17 bits per heavy atom. The minimum atomic E-state index is -0.956. The number of halogens is 1. The highest BCUT2D eigenvalue weighted by Gasteiger charge is 2.14. The predicted octanol–water partition coefficient (Wildman–Crippen LogP) is 3.55. The van der Waals surface area contributed by atoms with Crippen molar-refractivity contribution >= 4 is 40.7 Å². The fourth-order valence-corrected chi connectivity index (χ4v) is 4.05. The molecule has 0 spiro atoms. The minimum Gasteiger partial charge on any atom is -0.356 e. The molecule has 136 valence electrons. The van der Waals surface area contributed by atoms with E-state index in [-0.39, 0.29) is 24.0 Å². The molecule has 2 N–H and O–H groups in total. The highest BCUT2D eigenvalue weighted by atomic mass is 127. The van der Waals surface area contributed by atoms with Crippen molar-refractivity contribution < 1.29 is 4.21 Å². The van der Waals surface area contributed by atoms with Crippen LogP contribution in [0.3, 0.4) is 0 Å². The second-order valence-corrected chi connectivity index (χ2v) is 7.65. The van der Waals surface area contributed by atoms with Crippen molar-refractivity contribution in [1.82, 2.24) is 10.6 Å². The van der Waals surface area contributed by atoms with Gasteiger partial charge in [0.1, 0.15) is 0 Å². The molecule has 4 nitrogen and oxygen atoms in total. The van der Waals surface area contributed by atoms with Crippen molar-refractivity contribution in [2.24, 2.45) is 10.9 Å². The summed E-state index contributed by atoms with van der Waals surface area (Å²) in [7, 11) is 0.822. The normalized spacial score (nSPS) is 16.5. The quantitative estimate of drug-likeness (QED) is 0.268. The maximum absolute atomic E-state index is 12.1. The summed E-state index contributed by atoms with van der Waals surface area (Å²) in [5.74, 6) is 2.34. The number of rotatable bonds is 8. The molecule has 1 fully saturated rings. The van der Waals surface area contributed by atoms with Gasteiger partial charge in [-0.15, -0.1) is 24.0 Å². The SMILES string of the molecule is CN=C(NCCCC1CCCC1)NCCS(=O)c1ccccc1.I. The molecule has 1 aliphatic carbocycles. The molecule has 0 bridgehead atoms. The standard InChI is InChI=1S/C18H29N3OS.HI/c1-19-18(20-13-7-10-16-8-5-6-9-16)21-14-15-23(22)17-11-3-2-4-12-17;/h2-4,11-12,16H,5-10,13-15H2,1H3,(H2,19,20,21);1H. The van der Waals surface area contributed by atoms with Crippen molar-refractivity contribution in [2.45, 2.75) is 43.4 Å². The van der Waals surface area contributed by atoms with Crippen LogP contribution in [-0.2, 0) is 10.8 Å². The van der Waals surface area contributed by atoms with E-state index >= 15 is 0 Å². The van der Waals surface area contributed by atoms with Gasteiger partial charge < -0.3 is 10.6 Å². The fraction of sp³-hybridized carbons (Fsp3) is 0.611. The average Bonchev–Trinajstić information content (AvgIpc) is 3.11. The molecule has 0 radical (unpaired) electrons. The monoisotopic (exact) mass is 463 g/mol. The summed E-state index contributed by atoms with van der Waals surface area (Å²) < 4.78 is 12.1. The van der Waals surface area contributed by atoms with Crippen molar-refractivity contribution in [3.05, 3.63) is 30.3 Å². The van der Waals surface area contributed by atoms with Crippen LogP contribution in [-0.4, -0.2) is 36.1 Å². The van der Waals surface area contributed by atoms with E-state index in [2.05, 4.69) is 15.6 Å². The van der Waals surface area contributed by atoms with E-state index in [0.717, 1.165) is 23.3 Å². The number of benzene rings is 1. The summed E-state index contributed by atoms with van der Waals surface area (Å²) in [6.45, 7) is 1.61. The van der Waals surface area contributed by atoms with Gasteiger partial charge in [0.05, 0.1) is 10.8 Å². The Morgan fingerprint density at radius 3 is 2.50 bits per heavy atom. The van der Waals surface area contributed by atoms with E-state index in [0.29, 0.717) is 12.3 Å². The first-order valence-corrected chi connectivity index (χ1v) is 9.99. The van der Waals surface area contributed by atoms with E-state index in [1.165, 1.54) is 38.5 Å². The number of hydrogen-bond acceptors (Lipinski definition) is 2. The van der Waals surface area contributed by atoms with Gasteiger partial charge in [-0.25, -0.2) is 0 Å². The van der Waals surface area contributed by atoms with E-state index in [1.54, 1.807) is 7.05 Å². The third-order valence-corrected chi connectivity index (χ3v) is 5.74. The van der Waals surface area contributed by atoms with Crippen LogP contribution in [0.15, 0.2) is 40.2 Å². The largest absolute Gasteiger partial charge is 0.356 e. The third-order valence-electron chi connectivity index (χ3n) is 4.37. The Morgan fingerprint density at radius 2 is 1.83 bits per heavy atom. The lowest BCUT2D eigenvalue weighted by Crippen LogP contribution is -2.39. The zero-order valence-electron chi connectivity index (χ0n) is 14.5. The molecule has 1 aromatic rings. The Balaban J connectivity index is 0.00000288. The molecule has 1 unspecified atom stereocenters. The van der Waals surface area contributed by atoms with Crippen LogP contribution < -0.4 is 10.6 Å². The highest BCUT2D eigenvalue weighted by molar-refractivity contribution is 14.0. The van der Waals surface area contributed by atoms with Gasteiger partial charge in [0, 0.05) is 30.8 Å². The Hall–Kier alpha value is -0.630.